The predicted octanol–water partition coefficient (Wildman–Crippen LogP) is -0.642. The average molecular weight is 267 g/mol. The lowest BCUT2D eigenvalue weighted by Gasteiger charge is -2.14. The summed E-state index contributed by atoms with van der Waals surface area (Å²) < 4.78 is 6.91. The summed E-state index contributed by atoms with van der Waals surface area (Å²) in [5, 5.41) is 9.26. The fourth-order valence-corrected chi connectivity index (χ4v) is 2.17. The highest BCUT2D eigenvalue weighted by Gasteiger charge is 2.32. The highest BCUT2D eigenvalue weighted by atomic mass is 16.5. The fourth-order valence-electron chi connectivity index (χ4n) is 2.17. The summed E-state index contributed by atoms with van der Waals surface area (Å²) in [5.41, 5.74) is 6.57. The number of aliphatic hydroxyl groups excluding tert-OH is 1. The van der Waals surface area contributed by atoms with Crippen LogP contribution in [0.5, 0.6) is 0 Å². The molecule has 1 saturated heterocycles. The molecule has 1 aliphatic rings. The van der Waals surface area contributed by atoms with Crippen molar-refractivity contribution in [2.24, 2.45) is 5.73 Å². The van der Waals surface area contributed by atoms with E-state index in [9.17, 15) is 14.7 Å². The van der Waals surface area contributed by atoms with Crippen molar-refractivity contribution in [2.45, 2.75) is 32.6 Å². The monoisotopic (exact) mass is 267 g/mol. The molecule has 2 rings (SSSR count). The summed E-state index contributed by atoms with van der Waals surface area (Å²) in [7, 11) is 0. The van der Waals surface area contributed by atoms with Gasteiger partial charge in [0, 0.05) is 23.9 Å². The van der Waals surface area contributed by atoms with Crippen LogP contribution in [-0.2, 0) is 4.74 Å². The zero-order chi connectivity index (χ0) is 14.2. The Morgan fingerprint density at radius 2 is 2.32 bits per heavy atom. The van der Waals surface area contributed by atoms with Gasteiger partial charge in [0.05, 0.1) is 6.61 Å². The minimum absolute atomic E-state index is 0.197. The maximum absolute atomic E-state index is 11.8. The number of nitrogens with zero attached hydrogens (tertiary/aromatic N) is 1. The van der Waals surface area contributed by atoms with Crippen LogP contribution in [-0.4, -0.2) is 27.4 Å². The quantitative estimate of drug-likeness (QED) is 0.660. The topological polar surface area (TPSA) is 110 Å². The molecule has 0 amide bonds. The first-order valence-corrected chi connectivity index (χ1v) is 5.97. The zero-order valence-electron chi connectivity index (χ0n) is 10.8. The molecule has 0 aromatic carbocycles. The molecule has 0 aliphatic carbocycles. The maximum atomic E-state index is 11.8. The Morgan fingerprint density at radius 1 is 1.63 bits per heavy atom. The number of nitrogens with one attached hydrogen (secondary N) is 1. The van der Waals surface area contributed by atoms with E-state index in [4.69, 9.17) is 10.5 Å². The minimum atomic E-state index is -0.561. The second kappa shape index (κ2) is 5.02. The summed E-state index contributed by atoms with van der Waals surface area (Å²) in [5.74, 6) is 0. The van der Waals surface area contributed by atoms with Crippen molar-refractivity contribution in [1.82, 2.24) is 9.55 Å². The first-order chi connectivity index (χ1) is 8.93. The summed E-state index contributed by atoms with van der Waals surface area (Å²) in [6.07, 6.45) is 0.802. The molecule has 2 heterocycles. The van der Waals surface area contributed by atoms with Gasteiger partial charge in [-0.25, -0.2) is 4.79 Å². The number of H-pyrrole nitrogens is 1. The van der Waals surface area contributed by atoms with E-state index in [2.05, 4.69) is 4.98 Å². The van der Waals surface area contributed by atoms with E-state index in [0.29, 0.717) is 17.7 Å². The number of rotatable bonds is 2. The summed E-state index contributed by atoms with van der Waals surface area (Å²) in [4.78, 5) is 25.3. The molecular weight excluding hydrogens is 250 g/mol. The zero-order valence-corrected chi connectivity index (χ0v) is 10.8. The highest BCUT2D eigenvalue weighted by molar-refractivity contribution is 5.18. The van der Waals surface area contributed by atoms with E-state index in [-0.39, 0.29) is 6.61 Å². The molecule has 0 radical (unpaired) electrons. The van der Waals surface area contributed by atoms with Crippen LogP contribution < -0.4 is 17.0 Å². The Kier molecular flexibility index (Phi) is 3.59. The average Bonchev–Trinajstić information content (AvgIpc) is 2.77. The van der Waals surface area contributed by atoms with Gasteiger partial charge in [0.2, 0.25) is 0 Å². The predicted molar refractivity (Wildman–Crippen MR) is 68.6 cm³/mol. The number of hydrogen-bond donors (Lipinski definition) is 3. The van der Waals surface area contributed by atoms with Gasteiger partial charge >= 0.3 is 5.69 Å². The number of allylic oxidation sites excluding steroid dienone is 1. The Labute approximate surface area is 109 Å². The van der Waals surface area contributed by atoms with Crippen LogP contribution in [0, 0.1) is 6.92 Å². The smallest absolute Gasteiger partial charge is 0.330 e. The molecule has 0 spiro atoms. The van der Waals surface area contributed by atoms with Crippen LogP contribution >= 0.6 is 0 Å². The van der Waals surface area contributed by atoms with Gasteiger partial charge in [0.25, 0.3) is 5.56 Å². The number of aliphatic hydroxyl groups is 1. The van der Waals surface area contributed by atoms with Crippen molar-refractivity contribution >= 4 is 0 Å². The van der Waals surface area contributed by atoms with Crippen molar-refractivity contribution < 1.29 is 9.84 Å². The lowest BCUT2D eigenvalue weighted by molar-refractivity contribution is -0.0191. The van der Waals surface area contributed by atoms with E-state index < -0.39 is 23.6 Å². The molecule has 7 heteroatoms. The van der Waals surface area contributed by atoms with Gasteiger partial charge in [-0.3, -0.25) is 14.3 Å². The van der Waals surface area contributed by atoms with Crippen molar-refractivity contribution in [3.63, 3.8) is 0 Å². The van der Waals surface area contributed by atoms with Gasteiger partial charge < -0.3 is 15.6 Å². The van der Waals surface area contributed by atoms with E-state index in [1.54, 1.807) is 13.8 Å². The van der Waals surface area contributed by atoms with Crippen molar-refractivity contribution in [1.29, 1.82) is 0 Å². The molecule has 104 valence electrons. The number of ether oxygens (including phenoxy) is 1. The van der Waals surface area contributed by atoms with Crippen LogP contribution in [0.2, 0.25) is 0 Å². The van der Waals surface area contributed by atoms with Crippen LogP contribution in [0.3, 0.4) is 0 Å². The van der Waals surface area contributed by atoms with Gasteiger partial charge in [-0.15, -0.1) is 0 Å². The molecule has 1 aromatic heterocycles. The van der Waals surface area contributed by atoms with E-state index in [1.165, 1.54) is 10.8 Å². The van der Waals surface area contributed by atoms with Crippen molar-refractivity contribution in [3.8, 4) is 0 Å². The first-order valence-electron chi connectivity index (χ1n) is 5.97. The fraction of sp³-hybridized carbons (Fsp3) is 0.500. The molecule has 1 fully saturated rings. The number of hydrogen-bond acceptors (Lipinski definition) is 5. The molecule has 1 aliphatic heterocycles. The first kappa shape index (κ1) is 13.6. The third-order valence-corrected chi connectivity index (χ3v) is 3.23. The van der Waals surface area contributed by atoms with Crippen LogP contribution in [0.15, 0.2) is 27.1 Å². The molecule has 1 aromatic rings. The van der Waals surface area contributed by atoms with Gasteiger partial charge in [0.1, 0.15) is 12.3 Å². The lowest BCUT2D eigenvalue weighted by Crippen LogP contribution is -2.33. The van der Waals surface area contributed by atoms with Gasteiger partial charge in [0.15, 0.2) is 0 Å². The van der Waals surface area contributed by atoms with Crippen LogP contribution in [0.25, 0.3) is 0 Å². The molecule has 4 N–H and O–H groups in total. The maximum Gasteiger partial charge on any atom is 0.330 e. The molecule has 0 unspecified atom stereocenters. The number of aromatic amines is 1. The van der Waals surface area contributed by atoms with Crippen LogP contribution in [0.4, 0.5) is 0 Å². The lowest BCUT2D eigenvalue weighted by atomic mass is 10.1. The highest BCUT2D eigenvalue weighted by Crippen LogP contribution is 2.32. The third-order valence-electron chi connectivity index (χ3n) is 3.23. The van der Waals surface area contributed by atoms with Crippen molar-refractivity contribution in [2.75, 3.05) is 6.61 Å². The number of aromatic nitrogens is 2. The molecular formula is C12H17N3O4. The Morgan fingerprint density at radius 3 is 2.84 bits per heavy atom. The summed E-state index contributed by atoms with van der Waals surface area (Å²) >= 11 is 0. The minimum Gasteiger partial charge on any atom is -0.402 e. The summed E-state index contributed by atoms with van der Waals surface area (Å²) in [6, 6.07) is 0. The standard InChI is InChI=1S/C12H17N3O4/c1-6-4-15(12(18)14-11(6)17)10-3-8(7(2)13)9(5-16)19-10/h4,9-10,16H,3,5,13H2,1-2H3,(H,14,17,18)/t9-,10-/m1/s1. The van der Waals surface area contributed by atoms with Crippen LogP contribution in [0.1, 0.15) is 25.1 Å². The molecule has 0 saturated carbocycles. The molecule has 19 heavy (non-hydrogen) atoms. The Hall–Kier alpha value is -1.86. The van der Waals surface area contributed by atoms with Gasteiger partial charge in [-0.05, 0) is 19.4 Å². The second-order valence-electron chi connectivity index (χ2n) is 4.65. The third kappa shape index (κ3) is 2.47. The largest absolute Gasteiger partial charge is 0.402 e. The second-order valence-corrected chi connectivity index (χ2v) is 4.65. The Bertz CT molecular complexity index is 625. The van der Waals surface area contributed by atoms with E-state index in [1.807, 2.05) is 0 Å². The van der Waals surface area contributed by atoms with Gasteiger partial charge in [-0.1, -0.05) is 0 Å². The van der Waals surface area contributed by atoms with Crippen molar-refractivity contribution in [3.05, 3.63) is 43.9 Å². The molecule has 0 bridgehead atoms. The Balaban J connectivity index is 2.41. The number of nitrogens with two attached hydrogens (primary N) is 1. The molecule has 7 nitrogen and oxygen atoms in total. The number of aryl methyl sites for hydroxylation is 1. The van der Waals surface area contributed by atoms with Gasteiger partial charge in [-0.2, -0.15) is 0 Å². The summed E-state index contributed by atoms with van der Waals surface area (Å²) in [6.45, 7) is 3.14. The van der Waals surface area contributed by atoms with E-state index in [0.717, 1.165) is 5.57 Å². The molecule has 2 atom stereocenters. The normalized spacial score (nSPS) is 25.6. The SMILES string of the molecule is CC(N)=C1C[C@H](n2cc(C)c(=O)[nH]c2=O)O[C@@H]1CO. The van der Waals surface area contributed by atoms with E-state index >= 15 is 0 Å².